The standard InChI is InChI=1S/C19H27N3O6/c1-11(2)16(18(26)21-14(19(27)28)8-9-15(23)24)22-17(25)13(20)10-12-6-4-3-5-7-12/h3-7,11,13-14,16H,8-10,20H2,1-2H3,(H,21,26)(H,22,25)(H,23,24)(H,27,28)/t13-,14-,16-/m0/s1. The molecule has 28 heavy (non-hydrogen) atoms. The number of nitrogens with two attached hydrogens (primary N) is 1. The molecule has 0 unspecified atom stereocenters. The van der Waals surface area contributed by atoms with Crippen molar-refractivity contribution in [2.45, 2.75) is 51.2 Å². The van der Waals surface area contributed by atoms with Crippen LogP contribution in [0.3, 0.4) is 0 Å². The highest BCUT2D eigenvalue weighted by molar-refractivity contribution is 5.92. The summed E-state index contributed by atoms with van der Waals surface area (Å²) in [6.45, 7) is 3.39. The van der Waals surface area contributed by atoms with E-state index in [0.29, 0.717) is 0 Å². The van der Waals surface area contributed by atoms with E-state index in [2.05, 4.69) is 10.6 Å². The van der Waals surface area contributed by atoms with Gasteiger partial charge in [0.15, 0.2) is 0 Å². The van der Waals surface area contributed by atoms with Gasteiger partial charge in [-0.1, -0.05) is 44.2 Å². The molecule has 0 aromatic heterocycles. The molecule has 0 radical (unpaired) electrons. The molecule has 0 spiro atoms. The Bertz CT molecular complexity index is 692. The van der Waals surface area contributed by atoms with Gasteiger partial charge in [-0.05, 0) is 24.3 Å². The van der Waals surface area contributed by atoms with Crippen LogP contribution in [-0.4, -0.2) is 52.1 Å². The Labute approximate surface area is 163 Å². The quantitative estimate of drug-likeness (QED) is 0.357. The summed E-state index contributed by atoms with van der Waals surface area (Å²) in [5.41, 5.74) is 6.80. The summed E-state index contributed by atoms with van der Waals surface area (Å²) in [6, 6.07) is 5.93. The normalized spacial score (nSPS) is 14.0. The van der Waals surface area contributed by atoms with E-state index in [0.717, 1.165) is 5.56 Å². The summed E-state index contributed by atoms with van der Waals surface area (Å²) in [4.78, 5) is 46.8. The molecule has 0 fully saturated rings. The molecule has 9 nitrogen and oxygen atoms in total. The van der Waals surface area contributed by atoms with Crippen LogP contribution in [0, 0.1) is 5.92 Å². The third-order valence-electron chi connectivity index (χ3n) is 4.14. The van der Waals surface area contributed by atoms with E-state index in [-0.39, 0.29) is 18.8 Å². The highest BCUT2D eigenvalue weighted by Crippen LogP contribution is 2.07. The molecular weight excluding hydrogens is 366 g/mol. The Hall–Kier alpha value is -2.94. The Morgan fingerprint density at radius 1 is 1.00 bits per heavy atom. The van der Waals surface area contributed by atoms with E-state index in [1.54, 1.807) is 13.8 Å². The average molecular weight is 393 g/mol. The number of amides is 2. The lowest BCUT2D eigenvalue weighted by molar-refractivity contribution is -0.143. The third kappa shape index (κ3) is 7.75. The number of carbonyl (C=O) groups is 4. The minimum Gasteiger partial charge on any atom is -0.481 e. The maximum Gasteiger partial charge on any atom is 0.326 e. The summed E-state index contributed by atoms with van der Waals surface area (Å²) in [5, 5.41) is 22.7. The molecule has 6 N–H and O–H groups in total. The first-order valence-electron chi connectivity index (χ1n) is 8.96. The first-order valence-corrected chi connectivity index (χ1v) is 8.96. The number of aliphatic carboxylic acids is 2. The molecule has 0 aliphatic heterocycles. The van der Waals surface area contributed by atoms with Crippen molar-refractivity contribution in [3.05, 3.63) is 35.9 Å². The first-order chi connectivity index (χ1) is 13.1. The van der Waals surface area contributed by atoms with Crippen LogP contribution in [-0.2, 0) is 25.6 Å². The maximum atomic E-state index is 12.5. The number of hydrogen-bond donors (Lipinski definition) is 5. The zero-order valence-corrected chi connectivity index (χ0v) is 15.9. The second-order valence-electron chi connectivity index (χ2n) is 6.86. The molecule has 154 valence electrons. The highest BCUT2D eigenvalue weighted by Gasteiger charge is 2.30. The molecule has 9 heteroatoms. The second-order valence-corrected chi connectivity index (χ2v) is 6.86. The number of hydrogen-bond acceptors (Lipinski definition) is 5. The molecule has 2 amide bonds. The monoisotopic (exact) mass is 393 g/mol. The van der Waals surface area contributed by atoms with Gasteiger partial charge < -0.3 is 26.6 Å². The van der Waals surface area contributed by atoms with E-state index in [1.165, 1.54) is 0 Å². The zero-order chi connectivity index (χ0) is 21.3. The molecule has 0 heterocycles. The summed E-state index contributed by atoms with van der Waals surface area (Å²) >= 11 is 0. The fraction of sp³-hybridized carbons (Fsp3) is 0.474. The number of rotatable bonds is 11. The lowest BCUT2D eigenvalue weighted by Crippen LogP contribution is -2.56. The average Bonchev–Trinajstić information content (AvgIpc) is 2.62. The van der Waals surface area contributed by atoms with Gasteiger partial charge in [-0.3, -0.25) is 14.4 Å². The smallest absolute Gasteiger partial charge is 0.326 e. The maximum absolute atomic E-state index is 12.5. The van der Waals surface area contributed by atoms with Gasteiger partial charge in [-0.25, -0.2) is 4.79 Å². The molecule has 0 aliphatic carbocycles. The number of carboxylic acids is 2. The van der Waals surface area contributed by atoms with Gasteiger partial charge in [-0.15, -0.1) is 0 Å². The van der Waals surface area contributed by atoms with E-state index in [9.17, 15) is 24.3 Å². The lowest BCUT2D eigenvalue weighted by Gasteiger charge is -2.25. The van der Waals surface area contributed by atoms with Crippen molar-refractivity contribution >= 4 is 23.8 Å². The van der Waals surface area contributed by atoms with Crippen molar-refractivity contribution in [1.82, 2.24) is 10.6 Å². The molecule has 3 atom stereocenters. The number of carbonyl (C=O) groups excluding carboxylic acids is 2. The van der Waals surface area contributed by atoms with Crippen molar-refractivity contribution in [2.24, 2.45) is 11.7 Å². The van der Waals surface area contributed by atoms with Gasteiger partial charge in [0.25, 0.3) is 0 Å². The summed E-state index contributed by atoms with van der Waals surface area (Å²) in [6.07, 6.45) is -0.379. The summed E-state index contributed by atoms with van der Waals surface area (Å²) in [7, 11) is 0. The van der Waals surface area contributed by atoms with Crippen molar-refractivity contribution in [1.29, 1.82) is 0 Å². The van der Waals surface area contributed by atoms with Crippen molar-refractivity contribution in [3.63, 3.8) is 0 Å². The second kappa shape index (κ2) is 11.0. The number of nitrogens with one attached hydrogen (secondary N) is 2. The Balaban J connectivity index is 2.74. The Kier molecular flexibility index (Phi) is 9.10. The van der Waals surface area contributed by atoms with Crippen LogP contribution in [0.1, 0.15) is 32.3 Å². The van der Waals surface area contributed by atoms with Crippen molar-refractivity contribution < 1.29 is 29.4 Å². The van der Waals surface area contributed by atoms with Crippen LogP contribution in [0.5, 0.6) is 0 Å². The Morgan fingerprint density at radius 2 is 1.61 bits per heavy atom. The van der Waals surface area contributed by atoms with Crippen molar-refractivity contribution in [3.8, 4) is 0 Å². The van der Waals surface area contributed by atoms with Crippen LogP contribution >= 0.6 is 0 Å². The van der Waals surface area contributed by atoms with E-state index < -0.39 is 48.3 Å². The van der Waals surface area contributed by atoms with E-state index >= 15 is 0 Å². The Morgan fingerprint density at radius 3 is 2.11 bits per heavy atom. The van der Waals surface area contributed by atoms with Gasteiger partial charge in [-0.2, -0.15) is 0 Å². The number of carboxylic acid groups (broad SMARTS) is 2. The molecule has 1 rings (SSSR count). The fourth-order valence-electron chi connectivity index (χ4n) is 2.54. The fourth-order valence-corrected chi connectivity index (χ4v) is 2.54. The molecular formula is C19H27N3O6. The third-order valence-corrected chi connectivity index (χ3v) is 4.14. The van der Waals surface area contributed by atoms with Gasteiger partial charge in [0, 0.05) is 6.42 Å². The zero-order valence-electron chi connectivity index (χ0n) is 15.9. The summed E-state index contributed by atoms with van der Waals surface area (Å²) < 4.78 is 0. The minimum atomic E-state index is -1.36. The van der Waals surface area contributed by atoms with Crippen LogP contribution in [0.4, 0.5) is 0 Å². The van der Waals surface area contributed by atoms with Crippen LogP contribution < -0.4 is 16.4 Å². The van der Waals surface area contributed by atoms with Gasteiger partial charge in [0.2, 0.25) is 11.8 Å². The topological polar surface area (TPSA) is 159 Å². The molecule has 0 aliphatic rings. The highest BCUT2D eigenvalue weighted by atomic mass is 16.4. The predicted molar refractivity (Wildman–Crippen MR) is 101 cm³/mol. The SMILES string of the molecule is CC(C)[C@H](NC(=O)[C@@H](N)Cc1ccccc1)C(=O)N[C@@H](CCC(=O)O)C(=O)O. The van der Waals surface area contributed by atoms with Gasteiger partial charge >= 0.3 is 11.9 Å². The minimum absolute atomic E-state index is 0.261. The molecule has 0 saturated carbocycles. The molecule has 0 bridgehead atoms. The molecule has 1 aromatic rings. The lowest BCUT2D eigenvalue weighted by atomic mass is 10.0. The largest absolute Gasteiger partial charge is 0.481 e. The van der Waals surface area contributed by atoms with Crippen LogP contribution in [0.2, 0.25) is 0 Å². The van der Waals surface area contributed by atoms with Gasteiger partial charge in [0.1, 0.15) is 12.1 Å². The van der Waals surface area contributed by atoms with E-state index in [1.807, 2.05) is 30.3 Å². The van der Waals surface area contributed by atoms with Gasteiger partial charge in [0.05, 0.1) is 6.04 Å². The number of benzene rings is 1. The summed E-state index contributed by atoms with van der Waals surface area (Å²) in [5.74, 6) is -4.07. The van der Waals surface area contributed by atoms with Crippen molar-refractivity contribution in [2.75, 3.05) is 0 Å². The molecule has 0 saturated heterocycles. The molecule has 1 aromatic carbocycles. The van der Waals surface area contributed by atoms with E-state index in [4.69, 9.17) is 10.8 Å². The van der Waals surface area contributed by atoms with Crippen LogP contribution in [0.15, 0.2) is 30.3 Å². The predicted octanol–water partition coefficient (Wildman–Crippen LogP) is 0.131. The first kappa shape index (κ1) is 23.1. The van der Waals surface area contributed by atoms with Crippen LogP contribution in [0.25, 0.3) is 0 Å².